The quantitative estimate of drug-likeness (QED) is 0.787. The minimum atomic E-state index is 0.143. The number of hydrogen-bond acceptors (Lipinski definition) is 3. The molecule has 0 aliphatic carbocycles. The Kier molecular flexibility index (Phi) is 6.02. The van der Waals surface area contributed by atoms with Gasteiger partial charge in [0, 0.05) is 13.5 Å². The Labute approximate surface area is 117 Å². The zero-order chi connectivity index (χ0) is 13.7. The van der Waals surface area contributed by atoms with Gasteiger partial charge in [0.1, 0.15) is 5.69 Å². The Hall–Kier alpha value is -0.680. The molecule has 1 atom stereocenters. The molecule has 0 amide bonds. The fourth-order valence-corrected chi connectivity index (χ4v) is 2.75. The molecule has 102 valence electrons. The van der Waals surface area contributed by atoms with Gasteiger partial charge in [-0.25, -0.2) is 0 Å². The summed E-state index contributed by atoms with van der Waals surface area (Å²) >= 11 is 3.36. The zero-order valence-corrected chi connectivity index (χ0v) is 12.9. The molecule has 1 aromatic heterocycles. The molecule has 0 radical (unpaired) electrons. The maximum atomic E-state index is 12.2. The first-order valence-corrected chi connectivity index (χ1v) is 7.17. The number of nitrogens with two attached hydrogens (primary N) is 1. The third kappa shape index (κ3) is 3.92. The van der Waals surface area contributed by atoms with Crippen molar-refractivity contribution in [2.75, 3.05) is 6.54 Å². The minimum absolute atomic E-state index is 0.143. The van der Waals surface area contributed by atoms with Crippen LogP contribution in [0.25, 0.3) is 0 Å². The minimum Gasteiger partial charge on any atom is -0.330 e. The topological polar surface area (TPSA) is 60.9 Å². The van der Waals surface area contributed by atoms with Gasteiger partial charge in [0.25, 0.3) is 0 Å². The van der Waals surface area contributed by atoms with Gasteiger partial charge in [0.15, 0.2) is 5.78 Å². The summed E-state index contributed by atoms with van der Waals surface area (Å²) in [6.45, 7) is 5.06. The third-order valence-electron chi connectivity index (χ3n) is 3.38. The summed E-state index contributed by atoms with van der Waals surface area (Å²) in [4.78, 5) is 12.2. The van der Waals surface area contributed by atoms with Gasteiger partial charge in [-0.3, -0.25) is 9.48 Å². The van der Waals surface area contributed by atoms with Crippen molar-refractivity contribution in [1.29, 1.82) is 0 Å². The second kappa shape index (κ2) is 7.04. The highest BCUT2D eigenvalue weighted by molar-refractivity contribution is 9.10. The van der Waals surface area contributed by atoms with E-state index in [1.54, 1.807) is 17.9 Å². The predicted octanol–water partition coefficient (Wildman–Crippen LogP) is 2.77. The molecular weight excluding hydrogens is 294 g/mol. The Bertz CT molecular complexity index is 381. The van der Waals surface area contributed by atoms with Crippen molar-refractivity contribution in [3.8, 4) is 0 Å². The van der Waals surface area contributed by atoms with E-state index in [2.05, 4.69) is 34.9 Å². The van der Waals surface area contributed by atoms with E-state index in [1.807, 2.05) is 0 Å². The molecule has 0 saturated carbocycles. The molecule has 0 aliphatic heterocycles. The summed E-state index contributed by atoms with van der Waals surface area (Å²) in [5.74, 6) is 1.23. The molecule has 18 heavy (non-hydrogen) atoms. The van der Waals surface area contributed by atoms with Crippen LogP contribution in [-0.4, -0.2) is 22.1 Å². The first kappa shape index (κ1) is 15.4. The number of aryl methyl sites for hydroxylation is 1. The van der Waals surface area contributed by atoms with Gasteiger partial charge in [-0.1, -0.05) is 13.8 Å². The average Bonchev–Trinajstić information content (AvgIpc) is 2.63. The van der Waals surface area contributed by atoms with E-state index >= 15 is 0 Å². The molecular formula is C13H22BrN3O. The van der Waals surface area contributed by atoms with Crippen LogP contribution < -0.4 is 5.73 Å². The van der Waals surface area contributed by atoms with Crippen molar-refractivity contribution in [2.24, 2.45) is 24.6 Å². The summed E-state index contributed by atoms with van der Waals surface area (Å²) in [6, 6.07) is 0. The molecule has 1 unspecified atom stereocenters. The van der Waals surface area contributed by atoms with E-state index in [4.69, 9.17) is 5.73 Å². The van der Waals surface area contributed by atoms with E-state index in [0.29, 0.717) is 30.5 Å². The van der Waals surface area contributed by atoms with Crippen molar-refractivity contribution >= 4 is 21.7 Å². The van der Waals surface area contributed by atoms with Crippen LogP contribution in [0.3, 0.4) is 0 Å². The lowest BCUT2D eigenvalue weighted by atomic mass is 9.87. The normalized spacial score (nSPS) is 13.0. The van der Waals surface area contributed by atoms with Gasteiger partial charge in [0.05, 0.1) is 10.7 Å². The Balaban J connectivity index is 2.60. The maximum Gasteiger partial charge on any atom is 0.182 e. The van der Waals surface area contributed by atoms with Crippen molar-refractivity contribution < 1.29 is 4.79 Å². The number of halogens is 1. The predicted molar refractivity (Wildman–Crippen MR) is 76.5 cm³/mol. The number of rotatable bonds is 7. The van der Waals surface area contributed by atoms with Gasteiger partial charge in [-0.05, 0) is 47.2 Å². The number of aromatic nitrogens is 2. The van der Waals surface area contributed by atoms with Gasteiger partial charge in [-0.2, -0.15) is 5.10 Å². The number of carbonyl (C=O) groups excluding carboxylic acids is 1. The Morgan fingerprint density at radius 2 is 2.17 bits per heavy atom. The second-order valence-electron chi connectivity index (χ2n) is 5.01. The van der Waals surface area contributed by atoms with Crippen molar-refractivity contribution in [3.05, 3.63) is 16.4 Å². The van der Waals surface area contributed by atoms with E-state index in [0.717, 1.165) is 17.3 Å². The summed E-state index contributed by atoms with van der Waals surface area (Å²) in [6.07, 6.45) is 4.09. The zero-order valence-electron chi connectivity index (χ0n) is 11.3. The lowest BCUT2D eigenvalue weighted by molar-refractivity contribution is 0.0959. The molecule has 4 nitrogen and oxygen atoms in total. The highest BCUT2D eigenvalue weighted by Gasteiger charge is 2.18. The van der Waals surface area contributed by atoms with Crippen LogP contribution in [0.4, 0.5) is 0 Å². The average molecular weight is 316 g/mol. The molecule has 0 aromatic carbocycles. The van der Waals surface area contributed by atoms with Crippen LogP contribution in [0.15, 0.2) is 10.7 Å². The smallest absolute Gasteiger partial charge is 0.182 e. The second-order valence-corrected chi connectivity index (χ2v) is 5.86. The van der Waals surface area contributed by atoms with E-state index < -0.39 is 0 Å². The van der Waals surface area contributed by atoms with E-state index in [-0.39, 0.29) is 5.78 Å². The first-order valence-electron chi connectivity index (χ1n) is 6.38. The fourth-order valence-electron chi connectivity index (χ4n) is 2.18. The van der Waals surface area contributed by atoms with Crippen molar-refractivity contribution in [1.82, 2.24) is 9.78 Å². The van der Waals surface area contributed by atoms with Crippen LogP contribution in [0.5, 0.6) is 0 Å². The molecule has 1 rings (SSSR count). The van der Waals surface area contributed by atoms with Crippen molar-refractivity contribution in [2.45, 2.75) is 33.1 Å². The number of ketones is 1. The highest BCUT2D eigenvalue weighted by Crippen LogP contribution is 2.23. The van der Waals surface area contributed by atoms with Crippen LogP contribution in [0.2, 0.25) is 0 Å². The molecule has 2 N–H and O–H groups in total. The van der Waals surface area contributed by atoms with Gasteiger partial charge in [0.2, 0.25) is 0 Å². The largest absolute Gasteiger partial charge is 0.330 e. The summed E-state index contributed by atoms with van der Waals surface area (Å²) in [5.41, 5.74) is 6.27. The maximum absolute atomic E-state index is 12.2. The number of hydrogen-bond donors (Lipinski definition) is 1. The summed E-state index contributed by atoms with van der Waals surface area (Å²) in [5, 5.41) is 4.06. The van der Waals surface area contributed by atoms with Crippen LogP contribution in [0.1, 0.15) is 43.6 Å². The monoisotopic (exact) mass is 315 g/mol. The molecule has 0 spiro atoms. The number of carbonyl (C=O) groups is 1. The molecule has 0 fully saturated rings. The number of Topliss-reactive ketones (excluding diaryl/α,β-unsaturated/α-hetero) is 1. The van der Waals surface area contributed by atoms with Crippen LogP contribution in [0, 0.1) is 11.8 Å². The highest BCUT2D eigenvalue weighted by atomic mass is 79.9. The third-order valence-corrected chi connectivity index (χ3v) is 3.96. The Morgan fingerprint density at radius 1 is 1.50 bits per heavy atom. The molecule has 0 saturated heterocycles. The standard InChI is InChI=1S/C13H22BrN3O/c1-9(2)10(6-7-15)4-5-12(18)13-11(14)8-16-17(13)3/h8-10H,4-7,15H2,1-3H3. The van der Waals surface area contributed by atoms with Crippen molar-refractivity contribution in [3.63, 3.8) is 0 Å². The first-order chi connectivity index (χ1) is 8.47. The molecule has 0 bridgehead atoms. The van der Waals surface area contributed by atoms with E-state index in [1.165, 1.54) is 0 Å². The van der Waals surface area contributed by atoms with Gasteiger partial charge in [-0.15, -0.1) is 0 Å². The summed E-state index contributed by atoms with van der Waals surface area (Å²) in [7, 11) is 1.79. The Morgan fingerprint density at radius 3 is 2.61 bits per heavy atom. The lowest BCUT2D eigenvalue weighted by Gasteiger charge is -2.19. The van der Waals surface area contributed by atoms with Gasteiger partial charge < -0.3 is 5.73 Å². The molecule has 5 heteroatoms. The molecule has 1 aromatic rings. The van der Waals surface area contributed by atoms with Gasteiger partial charge >= 0.3 is 0 Å². The molecule has 0 aliphatic rings. The van der Waals surface area contributed by atoms with Crippen LogP contribution in [-0.2, 0) is 7.05 Å². The SMILES string of the molecule is CC(C)C(CCN)CCC(=O)c1c(Br)cnn1C. The molecule has 1 heterocycles. The number of nitrogens with zero attached hydrogens (tertiary/aromatic N) is 2. The van der Waals surface area contributed by atoms with E-state index in [9.17, 15) is 4.79 Å². The summed E-state index contributed by atoms with van der Waals surface area (Å²) < 4.78 is 2.40. The van der Waals surface area contributed by atoms with Crippen LogP contribution >= 0.6 is 15.9 Å². The lowest BCUT2D eigenvalue weighted by Crippen LogP contribution is -2.16. The fraction of sp³-hybridized carbons (Fsp3) is 0.692.